The van der Waals surface area contributed by atoms with E-state index < -0.39 is 11.5 Å². The van der Waals surface area contributed by atoms with Gasteiger partial charge in [0.15, 0.2) is 10.3 Å². The van der Waals surface area contributed by atoms with Crippen LogP contribution in [0.4, 0.5) is 5.69 Å². The number of rotatable bonds is 6. The van der Waals surface area contributed by atoms with Crippen LogP contribution in [0.3, 0.4) is 0 Å². The van der Waals surface area contributed by atoms with Gasteiger partial charge in [0.25, 0.3) is 11.5 Å². The molecule has 0 aliphatic heterocycles. The van der Waals surface area contributed by atoms with E-state index in [1.54, 1.807) is 66.7 Å². The highest BCUT2D eigenvalue weighted by Crippen LogP contribution is 2.30. The Hall–Kier alpha value is -3.39. The zero-order valence-electron chi connectivity index (χ0n) is 19.2. The molecule has 1 amide bonds. The van der Waals surface area contributed by atoms with Gasteiger partial charge in [-0.05, 0) is 48.1 Å². The van der Waals surface area contributed by atoms with Crippen LogP contribution in [0.25, 0.3) is 11.3 Å². The van der Waals surface area contributed by atoms with Crippen LogP contribution in [-0.2, 0) is 5.75 Å². The second kappa shape index (κ2) is 12.4. The SMILES string of the molecule is N#Cc1c(-c2ccccc2Cl)nc(SCc2ccc(C(=O)NC(=S)Nc3c(Cl)cccc3Cl)cc2)[nH]c1=O. The molecular formula is C26H16Cl3N5O2S2. The van der Waals surface area contributed by atoms with Crippen molar-refractivity contribution < 1.29 is 4.79 Å². The van der Waals surface area contributed by atoms with Crippen LogP contribution in [-0.4, -0.2) is 21.0 Å². The van der Waals surface area contributed by atoms with Crippen LogP contribution in [0.15, 0.2) is 76.7 Å². The number of para-hydroxylation sites is 1. The number of nitriles is 1. The van der Waals surface area contributed by atoms with Gasteiger partial charge in [-0.1, -0.05) is 83.0 Å². The lowest BCUT2D eigenvalue weighted by Crippen LogP contribution is -2.34. The minimum absolute atomic E-state index is 0.0507. The second-order valence-electron chi connectivity index (χ2n) is 7.68. The molecule has 38 heavy (non-hydrogen) atoms. The van der Waals surface area contributed by atoms with Crippen LogP contribution in [0.1, 0.15) is 21.5 Å². The number of halogens is 3. The first-order valence-electron chi connectivity index (χ1n) is 10.8. The third-order valence-corrected chi connectivity index (χ3v) is 7.27. The summed E-state index contributed by atoms with van der Waals surface area (Å²) in [5.74, 6) is 0.0382. The summed E-state index contributed by atoms with van der Waals surface area (Å²) in [5.41, 5.74) is 1.73. The Morgan fingerprint density at radius 3 is 2.32 bits per heavy atom. The highest BCUT2D eigenvalue weighted by atomic mass is 35.5. The van der Waals surface area contributed by atoms with Crippen LogP contribution in [0.5, 0.6) is 0 Å². The molecule has 4 aromatic rings. The number of H-pyrrole nitrogens is 1. The average Bonchev–Trinajstić information content (AvgIpc) is 2.90. The van der Waals surface area contributed by atoms with Crippen LogP contribution in [0.2, 0.25) is 15.1 Å². The Morgan fingerprint density at radius 2 is 1.66 bits per heavy atom. The van der Waals surface area contributed by atoms with Gasteiger partial charge in [0.2, 0.25) is 0 Å². The standard InChI is InChI=1S/C26H16Cl3N5O2S2/c27-18-5-2-1-4-16(18)21-17(12-30)24(36)34-26(32-21)38-13-14-8-10-15(11-9-14)23(35)33-25(37)31-22-19(28)6-3-7-20(22)29/h1-11H,13H2,(H,32,34,36)(H2,31,33,35,37). The molecule has 0 unspecified atom stereocenters. The van der Waals surface area contributed by atoms with Gasteiger partial charge in [0.05, 0.1) is 26.4 Å². The number of nitrogens with zero attached hydrogens (tertiary/aromatic N) is 2. The molecule has 3 N–H and O–H groups in total. The molecule has 3 aromatic carbocycles. The van der Waals surface area contributed by atoms with E-state index in [-0.39, 0.29) is 16.4 Å². The lowest BCUT2D eigenvalue weighted by atomic mass is 10.1. The van der Waals surface area contributed by atoms with Crippen molar-refractivity contribution in [2.45, 2.75) is 10.9 Å². The van der Waals surface area contributed by atoms with Crippen molar-refractivity contribution in [2.75, 3.05) is 5.32 Å². The number of amides is 1. The summed E-state index contributed by atoms with van der Waals surface area (Å²) >= 11 is 25.0. The van der Waals surface area contributed by atoms with Crippen molar-refractivity contribution in [3.63, 3.8) is 0 Å². The minimum Gasteiger partial charge on any atom is -0.330 e. The molecule has 0 radical (unpaired) electrons. The number of hydrogen-bond acceptors (Lipinski definition) is 6. The zero-order chi connectivity index (χ0) is 27.2. The van der Waals surface area contributed by atoms with Crippen molar-refractivity contribution in [3.8, 4) is 17.3 Å². The minimum atomic E-state index is -0.547. The Kier molecular flexibility index (Phi) is 9.05. The normalized spacial score (nSPS) is 10.5. The van der Waals surface area contributed by atoms with Gasteiger partial charge in [0.1, 0.15) is 11.6 Å². The van der Waals surface area contributed by atoms with Crippen molar-refractivity contribution >= 4 is 75.5 Å². The maximum Gasteiger partial charge on any atom is 0.270 e. The first kappa shape index (κ1) is 27.6. The van der Waals surface area contributed by atoms with Crippen molar-refractivity contribution in [3.05, 3.63) is 109 Å². The van der Waals surface area contributed by atoms with Gasteiger partial charge < -0.3 is 10.3 Å². The number of aromatic amines is 1. The smallest absolute Gasteiger partial charge is 0.270 e. The summed E-state index contributed by atoms with van der Waals surface area (Å²) < 4.78 is 0. The van der Waals surface area contributed by atoms with E-state index in [2.05, 4.69) is 20.6 Å². The Labute approximate surface area is 242 Å². The van der Waals surface area contributed by atoms with Gasteiger partial charge in [-0.3, -0.25) is 14.9 Å². The molecule has 0 saturated heterocycles. The number of thiocarbonyl (C=S) groups is 1. The molecule has 1 aromatic heterocycles. The van der Waals surface area contributed by atoms with E-state index in [0.717, 1.165) is 5.56 Å². The molecule has 0 aliphatic rings. The van der Waals surface area contributed by atoms with E-state index in [9.17, 15) is 14.9 Å². The number of aromatic nitrogens is 2. The first-order chi connectivity index (χ1) is 18.3. The number of nitrogens with one attached hydrogen (secondary N) is 3. The quantitative estimate of drug-likeness (QED) is 0.128. The van der Waals surface area contributed by atoms with E-state index in [1.807, 2.05) is 6.07 Å². The van der Waals surface area contributed by atoms with E-state index >= 15 is 0 Å². The van der Waals surface area contributed by atoms with Crippen molar-refractivity contribution in [1.29, 1.82) is 5.26 Å². The third kappa shape index (κ3) is 6.54. The lowest BCUT2D eigenvalue weighted by Gasteiger charge is -2.12. The molecule has 0 saturated carbocycles. The molecule has 4 rings (SSSR count). The predicted octanol–water partition coefficient (Wildman–Crippen LogP) is 6.69. The summed E-state index contributed by atoms with van der Waals surface area (Å²) in [6, 6.07) is 20.6. The van der Waals surface area contributed by atoms with Crippen LogP contribution >= 0.6 is 58.8 Å². The maximum atomic E-state index is 12.6. The maximum absolute atomic E-state index is 12.6. The van der Waals surface area contributed by atoms with Gasteiger partial charge in [-0.2, -0.15) is 5.26 Å². The Balaban J connectivity index is 1.42. The lowest BCUT2D eigenvalue weighted by molar-refractivity contribution is 0.0977. The molecule has 1 heterocycles. The number of carbonyl (C=O) groups is 1. The number of benzene rings is 3. The summed E-state index contributed by atoms with van der Waals surface area (Å²) in [6.45, 7) is 0. The van der Waals surface area contributed by atoms with Gasteiger partial charge in [0, 0.05) is 16.9 Å². The fourth-order valence-corrected chi connectivity index (χ4v) is 5.04. The van der Waals surface area contributed by atoms with Gasteiger partial charge in [-0.25, -0.2) is 4.98 Å². The topological polar surface area (TPSA) is 111 Å². The molecule has 190 valence electrons. The largest absolute Gasteiger partial charge is 0.330 e. The highest BCUT2D eigenvalue weighted by molar-refractivity contribution is 7.98. The molecule has 7 nitrogen and oxygen atoms in total. The zero-order valence-corrected chi connectivity index (χ0v) is 23.1. The highest BCUT2D eigenvalue weighted by Gasteiger charge is 2.16. The Bertz CT molecular complexity index is 1620. The number of thioether (sulfide) groups is 1. The van der Waals surface area contributed by atoms with Crippen LogP contribution in [0, 0.1) is 11.3 Å². The molecule has 0 aliphatic carbocycles. The fraction of sp³-hybridized carbons (Fsp3) is 0.0385. The number of hydrogen-bond donors (Lipinski definition) is 3. The van der Waals surface area contributed by atoms with E-state index in [1.165, 1.54) is 11.8 Å². The number of carbonyl (C=O) groups excluding carboxylic acids is 1. The summed E-state index contributed by atoms with van der Waals surface area (Å²) in [4.78, 5) is 32.2. The monoisotopic (exact) mass is 599 g/mol. The molecular weight excluding hydrogens is 585 g/mol. The molecule has 12 heteroatoms. The number of anilines is 1. The summed E-state index contributed by atoms with van der Waals surface area (Å²) in [6.07, 6.45) is 0. The van der Waals surface area contributed by atoms with E-state index in [0.29, 0.717) is 42.8 Å². The summed E-state index contributed by atoms with van der Waals surface area (Å²) in [5, 5.41) is 16.4. The van der Waals surface area contributed by atoms with Crippen molar-refractivity contribution in [1.82, 2.24) is 15.3 Å². The molecule has 0 bridgehead atoms. The average molecular weight is 601 g/mol. The van der Waals surface area contributed by atoms with Crippen molar-refractivity contribution in [2.24, 2.45) is 0 Å². The van der Waals surface area contributed by atoms with Gasteiger partial charge in [-0.15, -0.1) is 0 Å². The molecule has 0 fully saturated rings. The third-order valence-electron chi connectivity index (χ3n) is 5.16. The predicted molar refractivity (Wildman–Crippen MR) is 156 cm³/mol. The Morgan fingerprint density at radius 1 is 1.00 bits per heavy atom. The van der Waals surface area contributed by atoms with Crippen LogP contribution < -0.4 is 16.2 Å². The molecule has 0 atom stereocenters. The second-order valence-corrected chi connectivity index (χ2v) is 10.3. The fourth-order valence-electron chi connectivity index (χ4n) is 3.31. The molecule has 0 spiro atoms. The van der Waals surface area contributed by atoms with Gasteiger partial charge >= 0.3 is 0 Å². The van der Waals surface area contributed by atoms with E-state index in [4.69, 9.17) is 47.0 Å². The summed E-state index contributed by atoms with van der Waals surface area (Å²) in [7, 11) is 0. The first-order valence-corrected chi connectivity index (χ1v) is 13.4.